The summed E-state index contributed by atoms with van der Waals surface area (Å²) < 4.78 is 0. The molecule has 6 nitrogen and oxygen atoms in total. The van der Waals surface area contributed by atoms with Gasteiger partial charge in [0.2, 0.25) is 0 Å². The number of fused-ring (bicyclic) bond motifs is 1. The Bertz CT molecular complexity index is 1180. The molecular weight excluding hydrogens is 354 g/mol. The fourth-order valence-electron chi connectivity index (χ4n) is 3.00. The molecule has 0 radical (unpaired) electrons. The predicted octanol–water partition coefficient (Wildman–Crippen LogP) is 4.89. The maximum Gasteiger partial charge on any atom is 0.276 e. The third-order valence-corrected chi connectivity index (χ3v) is 4.36. The number of hydrogen-bond donors (Lipinski definition) is 1. The van der Waals surface area contributed by atoms with Crippen molar-refractivity contribution in [1.29, 1.82) is 0 Å². The number of nitrogens with zero attached hydrogens (tertiary/aromatic N) is 2. The molecule has 0 saturated heterocycles. The Morgan fingerprint density at radius 3 is 2.36 bits per heavy atom. The Morgan fingerprint density at radius 2 is 1.61 bits per heavy atom. The summed E-state index contributed by atoms with van der Waals surface area (Å²) in [7, 11) is 0. The second-order valence-corrected chi connectivity index (χ2v) is 6.17. The van der Waals surface area contributed by atoms with Crippen LogP contribution in [-0.2, 0) is 0 Å². The SMILES string of the molecule is O=C(/C(=C/c1ccccc1[N+](=O)[O-])c1nc2ccccc2[nH]1)c1ccccc1. The molecule has 0 spiro atoms. The minimum Gasteiger partial charge on any atom is -0.338 e. The van der Waals surface area contributed by atoms with E-state index in [1.165, 1.54) is 12.1 Å². The van der Waals surface area contributed by atoms with Gasteiger partial charge in [-0.1, -0.05) is 54.6 Å². The molecule has 0 bridgehead atoms. The van der Waals surface area contributed by atoms with Gasteiger partial charge in [-0.15, -0.1) is 0 Å². The van der Waals surface area contributed by atoms with Gasteiger partial charge in [0, 0.05) is 11.6 Å². The van der Waals surface area contributed by atoms with E-state index in [4.69, 9.17) is 0 Å². The molecule has 136 valence electrons. The summed E-state index contributed by atoms with van der Waals surface area (Å²) in [6.45, 7) is 0. The fraction of sp³-hybridized carbons (Fsp3) is 0. The average molecular weight is 369 g/mol. The second kappa shape index (κ2) is 7.28. The maximum atomic E-state index is 13.2. The maximum absolute atomic E-state index is 13.2. The van der Waals surface area contributed by atoms with Crippen LogP contribution in [-0.4, -0.2) is 20.7 Å². The molecule has 0 aliphatic carbocycles. The summed E-state index contributed by atoms with van der Waals surface area (Å²) in [6, 6.07) is 22.5. The minimum absolute atomic E-state index is 0.0722. The third kappa shape index (κ3) is 3.31. The lowest BCUT2D eigenvalue weighted by Gasteiger charge is -2.05. The van der Waals surface area contributed by atoms with E-state index in [1.54, 1.807) is 42.5 Å². The van der Waals surface area contributed by atoms with E-state index in [0.717, 1.165) is 5.52 Å². The standard InChI is InChI=1S/C22H15N3O3/c26-21(15-8-2-1-3-9-15)17(14-16-10-4-7-13-20(16)25(27)28)22-23-18-11-5-6-12-19(18)24-22/h1-14H,(H,23,24)/b17-14-. The number of rotatable bonds is 5. The van der Waals surface area contributed by atoms with Gasteiger partial charge in [-0.2, -0.15) is 0 Å². The first-order valence-electron chi connectivity index (χ1n) is 8.63. The largest absolute Gasteiger partial charge is 0.338 e. The number of allylic oxidation sites excluding steroid dienone is 1. The molecule has 4 rings (SSSR count). The number of carbonyl (C=O) groups excluding carboxylic acids is 1. The number of benzene rings is 3. The highest BCUT2D eigenvalue weighted by Crippen LogP contribution is 2.27. The second-order valence-electron chi connectivity index (χ2n) is 6.17. The Morgan fingerprint density at radius 1 is 0.929 bits per heavy atom. The number of ketones is 1. The van der Waals surface area contributed by atoms with E-state index >= 15 is 0 Å². The van der Waals surface area contributed by atoms with Crippen LogP contribution in [0.4, 0.5) is 5.69 Å². The van der Waals surface area contributed by atoms with E-state index in [0.29, 0.717) is 22.5 Å². The topological polar surface area (TPSA) is 88.9 Å². The highest BCUT2D eigenvalue weighted by atomic mass is 16.6. The summed E-state index contributed by atoms with van der Waals surface area (Å²) in [4.78, 5) is 31.8. The zero-order valence-corrected chi connectivity index (χ0v) is 14.7. The molecule has 0 fully saturated rings. The van der Waals surface area contributed by atoms with Crippen LogP contribution in [0.25, 0.3) is 22.7 Å². The van der Waals surface area contributed by atoms with Crippen LogP contribution in [0.3, 0.4) is 0 Å². The number of nitro groups is 1. The van der Waals surface area contributed by atoms with Crippen LogP contribution in [0.1, 0.15) is 21.7 Å². The molecule has 0 amide bonds. The Balaban J connectivity index is 1.91. The van der Waals surface area contributed by atoms with Gasteiger partial charge in [-0.3, -0.25) is 14.9 Å². The van der Waals surface area contributed by atoms with Gasteiger partial charge in [0.15, 0.2) is 5.78 Å². The van der Waals surface area contributed by atoms with Crippen molar-refractivity contribution in [3.63, 3.8) is 0 Å². The molecule has 0 unspecified atom stereocenters. The third-order valence-electron chi connectivity index (χ3n) is 4.36. The van der Waals surface area contributed by atoms with Gasteiger partial charge < -0.3 is 4.98 Å². The lowest BCUT2D eigenvalue weighted by atomic mass is 10.00. The van der Waals surface area contributed by atoms with Crippen molar-refractivity contribution in [1.82, 2.24) is 9.97 Å². The number of Topliss-reactive ketones (excluding diaryl/α,β-unsaturated/α-hetero) is 1. The van der Waals surface area contributed by atoms with Gasteiger partial charge in [0.25, 0.3) is 5.69 Å². The number of H-pyrrole nitrogens is 1. The van der Waals surface area contributed by atoms with Crippen LogP contribution in [0.5, 0.6) is 0 Å². The van der Waals surface area contributed by atoms with E-state index < -0.39 is 4.92 Å². The predicted molar refractivity (Wildman–Crippen MR) is 108 cm³/mol. The van der Waals surface area contributed by atoms with Crippen LogP contribution in [0, 0.1) is 10.1 Å². The molecule has 0 aliphatic heterocycles. The Labute approximate surface area is 160 Å². The summed E-state index contributed by atoms with van der Waals surface area (Å²) in [6.07, 6.45) is 1.52. The van der Waals surface area contributed by atoms with Crippen molar-refractivity contribution in [3.05, 3.63) is 106 Å². The zero-order valence-electron chi connectivity index (χ0n) is 14.7. The van der Waals surface area contributed by atoms with Gasteiger partial charge in [-0.25, -0.2) is 4.98 Å². The first kappa shape index (κ1) is 17.4. The summed E-state index contributed by atoms with van der Waals surface area (Å²) in [5.41, 5.74) is 2.51. The van der Waals surface area contributed by atoms with Crippen molar-refractivity contribution < 1.29 is 9.72 Å². The quantitative estimate of drug-likeness (QED) is 0.235. The number of imidazole rings is 1. The van der Waals surface area contributed by atoms with Gasteiger partial charge in [0.1, 0.15) is 5.82 Å². The van der Waals surface area contributed by atoms with E-state index in [1.807, 2.05) is 30.3 Å². The number of nitrogens with one attached hydrogen (secondary N) is 1. The van der Waals surface area contributed by atoms with E-state index in [2.05, 4.69) is 9.97 Å². The number of para-hydroxylation sites is 3. The van der Waals surface area contributed by atoms with Crippen LogP contribution < -0.4 is 0 Å². The molecule has 28 heavy (non-hydrogen) atoms. The van der Waals surface area contributed by atoms with Gasteiger partial charge in [-0.05, 0) is 24.3 Å². The molecule has 0 aliphatic rings. The molecule has 4 aromatic rings. The molecule has 6 heteroatoms. The smallest absolute Gasteiger partial charge is 0.276 e. The zero-order chi connectivity index (χ0) is 19.5. The van der Waals surface area contributed by atoms with E-state index in [-0.39, 0.29) is 17.0 Å². The summed E-state index contributed by atoms with van der Waals surface area (Å²) in [5, 5.41) is 11.4. The number of carbonyl (C=O) groups is 1. The normalized spacial score (nSPS) is 11.5. The molecule has 1 heterocycles. The average Bonchev–Trinajstić information content (AvgIpc) is 3.16. The summed E-state index contributed by atoms with van der Waals surface area (Å²) in [5.74, 6) is 0.103. The number of aromatic amines is 1. The molecule has 0 saturated carbocycles. The first-order chi connectivity index (χ1) is 13.6. The van der Waals surface area contributed by atoms with Gasteiger partial charge >= 0.3 is 0 Å². The van der Waals surface area contributed by atoms with Crippen molar-refractivity contribution in [2.45, 2.75) is 0 Å². The van der Waals surface area contributed by atoms with Crippen LogP contribution >= 0.6 is 0 Å². The highest BCUT2D eigenvalue weighted by molar-refractivity contribution is 6.32. The summed E-state index contributed by atoms with van der Waals surface area (Å²) >= 11 is 0. The van der Waals surface area contributed by atoms with E-state index in [9.17, 15) is 14.9 Å². The monoisotopic (exact) mass is 369 g/mol. The first-order valence-corrected chi connectivity index (χ1v) is 8.63. The Hall–Kier alpha value is -4.06. The van der Waals surface area contributed by atoms with Crippen molar-refractivity contribution in [3.8, 4) is 0 Å². The number of nitro benzene ring substituents is 1. The van der Waals surface area contributed by atoms with Gasteiger partial charge in [0.05, 0.1) is 27.1 Å². The van der Waals surface area contributed by atoms with Crippen molar-refractivity contribution in [2.75, 3.05) is 0 Å². The van der Waals surface area contributed by atoms with Crippen molar-refractivity contribution in [2.24, 2.45) is 0 Å². The molecule has 0 atom stereocenters. The van der Waals surface area contributed by atoms with Crippen LogP contribution in [0.2, 0.25) is 0 Å². The van der Waals surface area contributed by atoms with Crippen molar-refractivity contribution >= 4 is 34.2 Å². The molecule has 1 N–H and O–H groups in total. The van der Waals surface area contributed by atoms with Crippen LogP contribution in [0.15, 0.2) is 78.9 Å². The number of aromatic nitrogens is 2. The lowest BCUT2D eigenvalue weighted by molar-refractivity contribution is -0.385. The highest BCUT2D eigenvalue weighted by Gasteiger charge is 2.20. The lowest BCUT2D eigenvalue weighted by Crippen LogP contribution is -2.04. The minimum atomic E-state index is -0.463. The Kier molecular flexibility index (Phi) is 4.51. The molecular formula is C22H15N3O3. The fourth-order valence-corrected chi connectivity index (χ4v) is 3.00. The molecule has 3 aromatic carbocycles. The molecule has 1 aromatic heterocycles. The number of hydrogen-bond acceptors (Lipinski definition) is 4.